The van der Waals surface area contributed by atoms with Gasteiger partial charge < -0.3 is 4.43 Å². The molecule has 0 saturated heterocycles. The Bertz CT molecular complexity index is 304. The summed E-state index contributed by atoms with van der Waals surface area (Å²) in [5.74, 6) is 0. The standard InChI is InChI=1S/C21H46O7Si/c1-5-6-7-8-9-10-11-12-13-14-15-16-17-18-19-20-21-25-29(26-22-2,27-23-3)28-24-4/h5-21H2,1-4H3. The highest BCUT2D eigenvalue weighted by molar-refractivity contribution is 6.52. The van der Waals surface area contributed by atoms with E-state index in [1.807, 2.05) is 0 Å². The van der Waals surface area contributed by atoms with Crippen molar-refractivity contribution >= 4 is 9.05 Å². The highest BCUT2D eigenvalue weighted by Crippen LogP contribution is 2.16. The molecule has 0 N–H and O–H groups in total. The molecule has 0 radical (unpaired) electrons. The largest absolute Gasteiger partial charge is 0.764 e. The average molecular weight is 439 g/mol. The SMILES string of the molecule is CCCCCCCCCCCCCCCCCCO[Si](OOC)(OOC)OOC. The molecule has 0 heterocycles. The van der Waals surface area contributed by atoms with Crippen molar-refractivity contribution in [1.29, 1.82) is 0 Å². The van der Waals surface area contributed by atoms with Crippen LogP contribution in [0.5, 0.6) is 0 Å². The van der Waals surface area contributed by atoms with Crippen molar-refractivity contribution in [3.05, 3.63) is 0 Å². The van der Waals surface area contributed by atoms with Gasteiger partial charge in [-0.05, 0) is 6.42 Å². The van der Waals surface area contributed by atoms with Crippen LogP contribution in [0.1, 0.15) is 110 Å². The predicted octanol–water partition coefficient (Wildman–Crippen LogP) is 6.43. The van der Waals surface area contributed by atoms with Crippen molar-refractivity contribution in [2.24, 2.45) is 0 Å². The maximum Gasteiger partial charge on any atom is 0.764 e. The molecule has 0 aromatic heterocycles. The van der Waals surface area contributed by atoms with Crippen LogP contribution in [-0.4, -0.2) is 37.0 Å². The van der Waals surface area contributed by atoms with E-state index in [9.17, 15) is 0 Å². The maximum absolute atomic E-state index is 5.57. The van der Waals surface area contributed by atoms with Crippen LogP contribution in [0.2, 0.25) is 0 Å². The number of unbranched alkanes of at least 4 members (excludes halogenated alkanes) is 15. The smallest absolute Gasteiger partial charge is 0.347 e. The molecule has 176 valence electrons. The molecule has 0 aliphatic heterocycles. The molecule has 7 nitrogen and oxygen atoms in total. The van der Waals surface area contributed by atoms with E-state index in [4.69, 9.17) is 18.2 Å². The molecule has 8 heteroatoms. The molecular weight excluding hydrogens is 392 g/mol. The molecule has 0 amide bonds. The van der Waals surface area contributed by atoms with Gasteiger partial charge in [0, 0.05) is 6.61 Å². The Morgan fingerprint density at radius 1 is 0.448 bits per heavy atom. The normalized spacial score (nSPS) is 12.0. The van der Waals surface area contributed by atoms with Gasteiger partial charge in [-0.1, -0.05) is 103 Å². The lowest BCUT2D eigenvalue weighted by molar-refractivity contribution is -0.370. The fraction of sp³-hybridized carbons (Fsp3) is 1.00. The Hall–Kier alpha value is -0.0631. The number of rotatable bonds is 24. The number of hydrogen-bond acceptors (Lipinski definition) is 7. The van der Waals surface area contributed by atoms with Gasteiger partial charge in [0.2, 0.25) is 0 Å². The summed E-state index contributed by atoms with van der Waals surface area (Å²) >= 11 is 0. The molecule has 0 fully saturated rings. The fourth-order valence-electron chi connectivity index (χ4n) is 3.27. The zero-order chi connectivity index (χ0) is 21.5. The van der Waals surface area contributed by atoms with Gasteiger partial charge in [-0.3, -0.25) is 0 Å². The van der Waals surface area contributed by atoms with Crippen LogP contribution in [-0.2, 0) is 32.8 Å². The second kappa shape index (κ2) is 22.6. The van der Waals surface area contributed by atoms with E-state index in [-0.39, 0.29) is 0 Å². The van der Waals surface area contributed by atoms with E-state index < -0.39 is 9.05 Å². The summed E-state index contributed by atoms with van der Waals surface area (Å²) in [6.07, 6.45) is 21.2. The molecule has 0 aliphatic rings. The molecule has 0 unspecified atom stereocenters. The first-order valence-corrected chi connectivity index (χ1v) is 13.2. The molecule has 0 aromatic rings. The Morgan fingerprint density at radius 3 is 1.07 bits per heavy atom. The van der Waals surface area contributed by atoms with Crippen LogP contribution >= 0.6 is 0 Å². The van der Waals surface area contributed by atoms with Crippen LogP contribution in [0.15, 0.2) is 0 Å². The second-order valence-corrected chi connectivity index (χ2v) is 9.19. The van der Waals surface area contributed by atoms with E-state index in [1.165, 1.54) is 111 Å². The lowest BCUT2D eigenvalue weighted by Crippen LogP contribution is -2.48. The first-order chi connectivity index (χ1) is 14.2. The van der Waals surface area contributed by atoms with Gasteiger partial charge in [0.1, 0.15) is 0 Å². The highest BCUT2D eigenvalue weighted by atomic mass is 28.4. The van der Waals surface area contributed by atoms with Crippen molar-refractivity contribution < 1.29 is 32.8 Å². The quantitative estimate of drug-likeness (QED) is 0.0744. The van der Waals surface area contributed by atoms with Crippen molar-refractivity contribution in [3.8, 4) is 0 Å². The summed E-state index contributed by atoms with van der Waals surface area (Å²) in [7, 11) is 0.464. The van der Waals surface area contributed by atoms with Gasteiger partial charge in [0.15, 0.2) is 0 Å². The molecule has 29 heavy (non-hydrogen) atoms. The predicted molar refractivity (Wildman–Crippen MR) is 116 cm³/mol. The van der Waals surface area contributed by atoms with Crippen molar-refractivity contribution in [2.75, 3.05) is 27.9 Å². The van der Waals surface area contributed by atoms with Crippen LogP contribution in [0.25, 0.3) is 0 Å². The fourth-order valence-corrected chi connectivity index (χ4v) is 4.50. The third-order valence-electron chi connectivity index (χ3n) is 4.83. The summed E-state index contributed by atoms with van der Waals surface area (Å²) in [6.45, 7) is 2.71. The Kier molecular flexibility index (Phi) is 22.6. The van der Waals surface area contributed by atoms with E-state index in [1.54, 1.807) is 0 Å². The Morgan fingerprint density at radius 2 is 0.759 bits per heavy atom. The molecule has 0 atom stereocenters. The molecule has 0 rings (SSSR count). The van der Waals surface area contributed by atoms with Crippen LogP contribution in [0, 0.1) is 0 Å². The van der Waals surface area contributed by atoms with E-state index in [0.717, 1.165) is 12.8 Å². The summed E-state index contributed by atoms with van der Waals surface area (Å²) in [4.78, 5) is 13.9. The average Bonchev–Trinajstić information content (AvgIpc) is 2.71. The Labute approximate surface area is 179 Å². The van der Waals surface area contributed by atoms with Gasteiger partial charge in [-0.15, -0.1) is 0 Å². The number of hydrogen-bond donors (Lipinski definition) is 0. The second-order valence-electron chi connectivity index (χ2n) is 7.40. The molecule has 0 saturated carbocycles. The van der Waals surface area contributed by atoms with Gasteiger partial charge in [-0.2, -0.15) is 13.7 Å². The topological polar surface area (TPSA) is 64.6 Å². The van der Waals surface area contributed by atoms with Crippen LogP contribution in [0.3, 0.4) is 0 Å². The van der Waals surface area contributed by atoms with E-state index >= 15 is 0 Å². The Balaban J connectivity index is 3.43. The minimum absolute atomic E-state index is 0.431. The summed E-state index contributed by atoms with van der Waals surface area (Å²) in [6, 6.07) is 0. The summed E-state index contributed by atoms with van der Waals surface area (Å²) in [5.41, 5.74) is 0. The summed E-state index contributed by atoms with van der Waals surface area (Å²) in [5, 5.41) is 0. The van der Waals surface area contributed by atoms with Crippen LogP contribution < -0.4 is 0 Å². The van der Waals surface area contributed by atoms with Gasteiger partial charge in [0.25, 0.3) is 0 Å². The molecular formula is C21H46O7Si. The van der Waals surface area contributed by atoms with E-state index in [0.29, 0.717) is 6.61 Å². The first-order valence-electron chi connectivity index (χ1n) is 11.5. The van der Waals surface area contributed by atoms with Crippen molar-refractivity contribution in [3.63, 3.8) is 0 Å². The lowest BCUT2D eigenvalue weighted by atomic mass is 10.0. The zero-order valence-corrected chi connectivity index (χ0v) is 20.4. The zero-order valence-electron chi connectivity index (χ0n) is 19.4. The first kappa shape index (κ1) is 28.9. The molecule has 0 spiro atoms. The van der Waals surface area contributed by atoms with Gasteiger partial charge in [-0.25, -0.2) is 14.7 Å². The lowest BCUT2D eigenvalue weighted by Gasteiger charge is -2.22. The third kappa shape index (κ3) is 18.4. The minimum atomic E-state index is -3.57. The van der Waals surface area contributed by atoms with Gasteiger partial charge >= 0.3 is 9.05 Å². The third-order valence-corrected chi connectivity index (χ3v) is 6.50. The molecule has 0 aromatic carbocycles. The van der Waals surface area contributed by atoms with Gasteiger partial charge in [0.05, 0.1) is 21.3 Å². The monoisotopic (exact) mass is 438 g/mol. The van der Waals surface area contributed by atoms with Crippen molar-refractivity contribution in [1.82, 2.24) is 0 Å². The van der Waals surface area contributed by atoms with E-state index in [2.05, 4.69) is 21.6 Å². The van der Waals surface area contributed by atoms with Crippen LogP contribution in [0.4, 0.5) is 0 Å². The highest BCUT2D eigenvalue weighted by Gasteiger charge is 2.51. The maximum atomic E-state index is 5.57. The molecule has 0 bridgehead atoms. The molecule has 0 aliphatic carbocycles. The van der Waals surface area contributed by atoms with Crippen molar-refractivity contribution in [2.45, 2.75) is 110 Å². The minimum Gasteiger partial charge on any atom is -0.347 e. The summed E-state index contributed by atoms with van der Waals surface area (Å²) < 4.78 is 20.5.